The van der Waals surface area contributed by atoms with Crippen molar-refractivity contribution in [1.29, 1.82) is 0 Å². The smallest absolute Gasteiger partial charge is 0.416 e. The predicted molar refractivity (Wildman–Crippen MR) is 92.2 cm³/mol. The molecule has 3 rings (SSSR count). The summed E-state index contributed by atoms with van der Waals surface area (Å²) in [4.78, 5) is 13.8. The van der Waals surface area contributed by atoms with Crippen LogP contribution in [0.15, 0.2) is 42.5 Å². The van der Waals surface area contributed by atoms with E-state index in [1.807, 2.05) is 25.1 Å². The van der Waals surface area contributed by atoms with Gasteiger partial charge in [-0.25, -0.2) is 0 Å². The summed E-state index contributed by atoms with van der Waals surface area (Å²) in [5, 5.41) is 0. The number of hydrogen-bond donors (Lipinski definition) is 0. The Bertz CT molecular complexity index is 785. The average Bonchev–Trinajstić information content (AvgIpc) is 2.61. The summed E-state index contributed by atoms with van der Waals surface area (Å²) in [5.74, 6) is 1.14. The van der Waals surface area contributed by atoms with Gasteiger partial charge in [0.1, 0.15) is 17.3 Å². The third-order valence-electron chi connectivity index (χ3n) is 4.48. The van der Waals surface area contributed by atoms with Gasteiger partial charge in [-0.05, 0) is 53.9 Å². The topological polar surface area (TPSA) is 29.5 Å². The van der Waals surface area contributed by atoms with E-state index in [0.29, 0.717) is 31.0 Å². The van der Waals surface area contributed by atoms with Crippen molar-refractivity contribution in [2.24, 2.45) is 0 Å². The fraction of sp³-hybridized carbons (Fsp3) is 0.350. The number of rotatable bonds is 5. The lowest BCUT2D eigenvalue weighted by atomic mass is 9.99. The number of carbonyl (C=O) groups excluding carboxylic acids is 1. The van der Waals surface area contributed by atoms with E-state index in [0.717, 1.165) is 30.7 Å². The maximum atomic E-state index is 12.6. The van der Waals surface area contributed by atoms with E-state index < -0.39 is 11.7 Å². The molecular weight excluding hydrogens is 343 g/mol. The van der Waals surface area contributed by atoms with Crippen LogP contribution in [0.25, 0.3) is 0 Å². The Labute approximate surface area is 150 Å². The average molecular weight is 363 g/mol. The maximum absolute atomic E-state index is 12.6. The first kappa shape index (κ1) is 18.5. The molecule has 0 unspecified atom stereocenters. The molecule has 0 saturated carbocycles. The van der Waals surface area contributed by atoms with Crippen LogP contribution in [-0.2, 0) is 23.9 Å². The zero-order valence-electron chi connectivity index (χ0n) is 14.5. The van der Waals surface area contributed by atoms with Crippen LogP contribution in [0.5, 0.6) is 11.5 Å². The summed E-state index contributed by atoms with van der Waals surface area (Å²) in [6.07, 6.45) is -2.96. The molecule has 0 saturated heterocycles. The molecule has 0 atom stereocenters. The molecule has 2 aromatic rings. The van der Waals surface area contributed by atoms with Crippen LogP contribution in [0, 0.1) is 0 Å². The minimum atomic E-state index is -4.36. The highest BCUT2D eigenvalue weighted by atomic mass is 19.4. The predicted octanol–water partition coefficient (Wildman–Crippen LogP) is 4.83. The maximum Gasteiger partial charge on any atom is 0.416 e. The summed E-state index contributed by atoms with van der Waals surface area (Å²) < 4.78 is 43.6. The monoisotopic (exact) mass is 363 g/mol. The number of carbonyl (C=O) groups is 1. The summed E-state index contributed by atoms with van der Waals surface area (Å²) in [6.45, 7) is 3.82. The van der Waals surface area contributed by atoms with E-state index in [2.05, 4.69) is 4.90 Å². The summed E-state index contributed by atoms with van der Waals surface area (Å²) in [5.41, 5.74) is 1.60. The van der Waals surface area contributed by atoms with Gasteiger partial charge in [0, 0.05) is 19.5 Å². The van der Waals surface area contributed by atoms with E-state index in [4.69, 9.17) is 4.74 Å². The van der Waals surface area contributed by atoms with Crippen LogP contribution in [0.3, 0.4) is 0 Å². The summed E-state index contributed by atoms with van der Waals surface area (Å²) >= 11 is 0. The number of hydrogen-bond acceptors (Lipinski definition) is 3. The Kier molecular flexibility index (Phi) is 5.32. The van der Waals surface area contributed by atoms with Crippen LogP contribution < -0.4 is 4.74 Å². The van der Waals surface area contributed by atoms with Crippen molar-refractivity contribution in [2.45, 2.75) is 32.5 Å². The number of nitrogens with zero attached hydrogens (tertiary/aromatic N) is 1. The van der Waals surface area contributed by atoms with Gasteiger partial charge in [-0.2, -0.15) is 13.2 Å². The lowest BCUT2D eigenvalue weighted by molar-refractivity contribution is -0.137. The fourth-order valence-corrected chi connectivity index (χ4v) is 3.00. The number of halogens is 3. The van der Waals surface area contributed by atoms with E-state index in [-0.39, 0.29) is 5.78 Å². The lowest BCUT2D eigenvalue weighted by Crippen LogP contribution is -2.34. The van der Waals surface area contributed by atoms with Crippen LogP contribution in [0.2, 0.25) is 0 Å². The molecule has 3 nitrogen and oxygen atoms in total. The Hall–Kier alpha value is -2.34. The van der Waals surface area contributed by atoms with Crippen LogP contribution >= 0.6 is 0 Å². The largest absolute Gasteiger partial charge is 0.457 e. The van der Waals surface area contributed by atoms with Crippen molar-refractivity contribution in [1.82, 2.24) is 4.90 Å². The van der Waals surface area contributed by atoms with Gasteiger partial charge in [-0.1, -0.05) is 13.0 Å². The minimum absolute atomic E-state index is 0.214. The van der Waals surface area contributed by atoms with Crippen molar-refractivity contribution >= 4 is 5.78 Å². The second kappa shape index (κ2) is 7.50. The molecular formula is C20H20F3NO2. The summed E-state index contributed by atoms with van der Waals surface area (Å²) in [6, 6.07) is 10.3. The highest BCUT2D eigenvalue weighted by Crippen LogP contribution is 2.32. The third kappa shape index (κ3) is 4.43. The number of ether oxygens (including phenoxy) is 1. The molecule has 0 spiro atoms. The van der Waals surface area contributed by atoms with Gasteiger partial charge in [-0.3, -0.25) is 9.69 Å². The van der Waals surface area contributed by atoms with E-state index in [1.54, 1.807) is 0 Å². The molecule has 0 radical (unpaired) electrons. The van der Waals surface area contributed by atoms with Gasteiger partial charge in [0.25, 0.3) is 0 Å². The third-order valence-corrected chi connectivity index (χ3v) is 4.48. The number of Topliss-reactive ketones (excluding diaryl/α,β-unsaturated/α-hetero) is 1. The van der Waals surface area contributed by atoms with Gasteiger partial charge in [0.15, 0.2) is 0 Å². The molecule has 2 aromatic carbocycles. The van der Waals surface area contributed by atoms with E-state index >= 15 is 0 Å². The zero-order chi connectivity index (χ0) is 18.7. The number of benzene rings is 2. The van der Waals surface area contributed by atoms with Gasteiger partial charge in [0.2, 0.25) is 0 Å². The number of alkyl halides is 3. The lowest BCUT2D eigenvalue weighted by Gasteiger charge is -2.28. The molecule has 0 amide bonds. The molecule has 0 fully saturated rings. The Morgan fingerprint density at radius 3 is 2.42 bits per heavy atom. The Morgan fingerprint density at radius 1 is 1.08 bits per heavy atom. The number of ketones is 1. The van der Waals surface area contributed by atoms with Crippen LogP contribution in [0.1, 0.15) is 30.0 Å². The second-order valence-electron chi connectivity index (χ2n) is 6.41. The minimum Gasteiger partial charge on any atom is -0.457 e. The first-order chi connectivity index (χ1) is 12.3. The quantitative estimate of drug-likeness (QED) is 0.762. The highest BCUT2D eigenvalue weighted by Gasteiger charge is 2.30. The first-order valence-corrected chi connectivity index (χ1v) is 8.56. The standard InChI is InChI=1S/C20H20F3NO2/c1-2-17(25)13-24-10-9-14-3-6-19(11-15(14)12-24)26-18-7-4-16(5-8-18)20(21,22)23/h3-8,11H,2,9-10,12-13H2,1H3. The molecule has 1 aliphatic rings. The normalized spacial score (nSPS) is 14.8. The van der Waals surface area contributed by atoms with Crippen LogP contribution in [0.4, 0.5) is 13.2 Å². The molecule has 1 heterocycles. The van der Waals surface area contributed by atoms with Gasteiger partial charge >= 0.3 is 6.18 Å². The Morgan fingerprint density at radius 2 is 1.77 bits per heavy atom. The second-order valence-corrected chi connectivity index (χ2v) is 6.41. The first-order valence-electron chi connectivity index (χ1n) is 8.56. The van der Waals surface area contributed by atoms with Gasteiger partial charge < -0.3 is 4.74 Å². The molecule has 138 valence electrons. The SMILES string of the molecule is CCC(=O)CN1CCc2ccc(Oc3ccc(C(F)(F)F)cc3)cc2C1. The summed E-state index contributed by atoms with van der Waals surface area (Å²) in [7, 11) is 0. The molecule has 0 bridgehead atoms. The van der Waals surface area contributed by atoms with Gasteiger partial charge in [-0.15, -0.1) is 0 Å². The highest BCUT2D eigenvalue weighted by molar-refractivity contribution is 5.80. The molecule has 0 aliphatic carbocycles. The van der Waals surface area contributed by atoms with Crippen molar-refractivity contribution in [2.75, 3.05) is 13.1 Å². The van der Waals surface area contributed by atoms with Crippen LogP contribution in [-0.4, -0.2) is 23.8 Å². The van der Waals surface area contributed by atoms with Gasteiger partial charge in [0.05, 0.1) is 12.1 Å². The van der Waals surface area contributed by atoms with Crippen molar-refractivity contribution in [3.05, 3.63) is 59.2 Å². The Balaban J connectivity index is 1.71. The van der Waals surface area contributed by atoms with Crippen molar-refractivity contribution in [3.8, 4) is 11.5 Å². The molecule has 26 heavy (non-hydrogen) atoms. The fourth-order valence-electron chi connectivity index (χ4n) is 3.00. The molecule has 0 N–H and O–H groups in total. The number of fused-ring (bicyclic) bond motifs is 1. The zero-order valence-corrected chi connectivity index (χ0v) is 14.5. The molecule has 0 aromatic heterocycles. The molecule has 6 heteroatoms. The van der Waals surface area contributed by atoms with E-state index in [1.165, 1.54) is 17.7 Å². The van der Waals surface area contributed by atoms with Crippen molar-refractivity contribution < 1.29 is 22.7 Å². The van der Waals surface area contributed by atoms with E-state index in [9.17, 15) is 18.0 Å². The van der Waals surface area contributed by atoms with Crippen molar-refractivity contribution in [3.63, 3.8) is 0 Å². The molecule has 1 aliphatic heterocycles.